The van der Waals surface area contributed by atoms with Crippen LogP contribution in [0.5, 0.6) is 0 Å². The van der Waals surface area contributed by atoms with Gasteiger partial charge in [-0.25, -0.2) is 4.79 Å². The Morgan fingerprint density at radius 2 is 1.97 bits per heavy atom. The third-order valence-electron chi connectivity index (χ3n) is 6.73. The minimum Gasteiger partial charge on any atom is -0.341 e. The molecule has 1 aliphatic heterocycles. The quantitative estimate of drug-likeness (QED) is 0.446. The zero-order valence-corrected chi connectivity index (χ0v) is 20.4. The third kappa shape index (κ3) is 4.05. The summed E-state index contributed by atoms with van der Waals surface area (Å²) in [6, 6.07) is 9.95. The Balaban J connectivity index is 1.72. The number of aromatic nitrogens is 5. The first-order valence-corrected chi connectivity index (χ1v) is 12.1. The van der Waals surface area contributed by atoms with Crippen molar-refractivity contribution in [1.29, 1.82) is 0 Å². The normalized spacial score (nSPS) is 16.7. The second kappa shape index (κ2) is 9.14. The molecule has 0 saturated carbocycles. The summed E-state index contributed by atoms with van der Waals surface area (Å²) >= 11 is 0. The second-order valence-corrected chi connectivity index (χ2v) is 9.28. The fraction of sp³-hybridized carbons (Fsp3) is 0.385. The summed E-state index contributed by atoms with van der Waals surface area (Å²) in [5, 5.41) is 1.96. The van der Waals surface area contributed by atoms with E-state index in [0.29, 0.717) is 35.9 Å². The van der Waals surface area contributed by atoms with Gasteiger partial charge in [0.25, 0.3) is 5.56 Å². The van der Waals surface area contributed by atoms with Crippen molar-refractivity contribution in [3.63, 3.8) is 0 Å². The number of rotatable bonds is 5. The zero-order valence-electron chi connectivity index (χ0n) is 20.4. The van der Waals surface area contributed by atoms with Gasteiger partial charge in [0, 0.05) is 43.8 Å². The molecule has 1 aromatic carbocycles. The smallest absolute Gasteiger partial charge is 0.332 e. The molecule has 4 aromatic rings. The van der Waals surface area contributed by atoms with Crippen LogP contribution in [-0.4, -0.2) is 42.8 Å². The van der Waals surface area contributed by atoms with Gasteiger partial charge in [0.2, 0.25) is 5.95 Å². The predicted octanol–water partition coefficient (Wildman–Crippen LogP) is 2.31. The highest BCUT2D eigenvalue weighted by atomic mass is 16.2. The Labute approximate surface area is 203 Å². The average Bonchev–Trinajstić information content (AvgIpc) is 3.23. The number of imidazole rings is 1. The lowest BCUT2D eigenvalue weighted by atomic mass is 10.1. The molecule has 0 aliphatic carbocycles. The van der Waals surface area contributed by atoms with Crippen molar-refractivity contribution in [3.05, 3.63) is 74.7 Å². The van der Waals surface area contributed by atoms with Gasteiger partial charge >= 0.3 is 5.69 Å². The number of hydrogen-bond acceptors (Lipinski definition) is 6. The first-order valence-electron chi connectivity index (χ1n) is 12.1. The summed E-state index contributed by atoms with van der Waals surface area (Å²) in [6.45, 7) is 5.91. The first-order chi connectivity index (χ1) is 16.9. The predicted molar refractivity (Wildman–Crippen MR) is 139 cm³/mol. The standard InChI is InChI=1S/C26H31N7O2/c1-4-5-13-32-22-23(29-25(32)31-12-8-10-19(27)15-31)30(3)26(35)33(24(22)34)16-21-20-11-7-6-9-18(20)14-17(2)28-21/h4-7,9,11,14,19H,8,10,12-13,15-16,27H2,1-3H3. The number of pyridine rings is 1. The Bertz CT molecular complexity index is 1560. The lowest BCUT2D eigenvalue weighted by molar-refractivity contribution is 0.495. The van der Waals surface area contributed by atoms with Crippen LogP contribution in [0.15, 0.2) is 52.1 Å². The number of piperidine rings is 1. The van der Waals surface area contributed by atoms with Gasteiger partial charge in [0.15, 0.2) is 11.2 Å². The molecule has 1 fully saturated rings. The number of benzene rings is 1. The Hall–Kier alpha value is -3.72. The lowest BCUT2D eigenvalue weighted by Crippen LogP contribution is -2.44. The number of anilines is 1. The van der Waals surface area contributed by atoms with E-state index in [1.165, 1.54) is 9.13 Å². The molecule has 3 aromatic heterocycles. The highest BCUT2D eigenvalue weighted by molar-refractivity contribution is 5.85. The Morgan fingerprint density at radius 3 is 2.74 bits per heavy atom. The van der Waals surface area contributed by atoms with Gasteiger partial charge in [-0.05, 0) is 38.1 Å². The van der Waals surface area contributed by atoms with Crippen molar-refractivity contribution in [2.45, 2.75) is 45.8 Å². The van der Waals surface area contributed by atoms with E-state index in [2.05, 4.69) is 9.88 Å². The van der Waals surface area contributed by atoms with Crippen LogP contribution >= 0.6 is 0 Å². The summed E-state index contributed by atoms with van der Waals surface area (Å²) in [6.07, 6.45) is 5.86. The van der Waals surface area contributed by atoms with E-state index >= 15 is 0 Å². The molecule has 9 nitrogen and oxygen atoms in total. The molecule has 9 heteroatoms. The monoisotopic (exact) mass is 473 g/mol. The number of aryl methyl sites for hydroxylation is 2. The van der Waals surface area contributed by atoms with Crippen LogP contribution in [0.2, 0.25) is 0 Å². The number of fused-ring (bicyclic) bond motifs is 2. The van der Waals surface area contributed by atoms with E-state index in [9.17, 15) is 9.59 Å². The lowest BCUT2D eigenvalue weighted by Gasteiger charge is -2.31. The van der Waals surface area contributed by atoms with Crippen LogP contribution in [0.3, 0.4) is 0 Å². The number of nitrogens with zero attached hydrogens (tertiary/aromatic N) is 6. The van der Waals surface area contributed by atoms with Gasteiger partial charge in [0.05, 0.1) is 12.2 Å². The van der Waals surface area contributed by atoms with Crippen LogP contribution in [0.1, 0.15) is 31.2 Å². The van der Waals surface area contributed by atoms with Crippen molar-refractivity contribution < 1.29 is 0 Å². The molecule has 0 amide bonds. The van der Waals surface area contributed by atoms with E-state index in [4.69, 9.17) is 10.7 Å². The van der Waals surface area contributed by atoms with Crippen molar-refractivity contribution >= 4 is 27.9 Å². The summed E-state index contributed by atoms with van der Waals surface area (Å²) in [5.41, 5.74) is 7.80. The largest absolute Gasteiger partial charge is 0.341 e. The minimum absolute atomic E-state index is 0.0554. The zero-order chi connectivity index (χ0) is 24.7. The summed E-state index contributed by atoms with van der Waals surface area (Å²) in [7, 11) is 1.67. The SMILES string of the molecule is CC=CCn1c(N2CCCC(N)C2)nc2c1c(=O)n(Cc1nc(C)cc3ccccc13)c(=O)n2C. The molecule has 4 heterocycles. The maximum absolute atomic E-state index is 13.9. The summed E-state index contributed by atoms with van der Waals surface area (Å²) in [5.74, 6) is 0.678. The van der Waals surface area contributed by atoms with Crippen LogP contribution < -0.4 is 21.9 Å². The van der Waals surface area contributed by atoms with Crippen LogP contribution in [0, 0.1) is 6.92 Å². The average molecular weight is 474 g/mol. The molecule has 182 valence electrons. The van der Waals surface area contributed by atoms with Crippen molar-refractivity contribution in [1.82, 2.24) is 23.7 Å². The third-order valence-corrected chi connectivity index (χ3v) is 6.73. The van der Waals surface area contributed by atoms with Crippen LogP contribution in [0.25, 0.3) is 21.9 Å². The van der Waals surface area contributed by atoms with E-state index in [0.717, 1.165) is 35.9 Å². The number of allylic oxidation sites excluding steroid dienone is 2. The molecule has 2 N–H and O–H groups in total. The fourth-order valence-corrected chi connectivity index (χ4v) is 5.00. The summed E-state index contributed by atoms with van der Waals surface area (Å²) in [4.78, 5) is 38.9. The molecular weight excluding hydrogens is 442 g/mol. The van der Waals surface area contributed by atoms with Gasteiger partial charge in [-0.15, -0.1) is 0 Å². The number of nitrogens with two attached hydrogens (primary N) is 1. The molecule has 1 aliphatic rings. The van der Waals surface area contributed by atoms with Crippen LogP contribution in [0.4, 0.5) is 5.95 Å². The molecule has 0 bridgehead atoms. The Kier molecular flexibility index (Phi) is 6.02. The van der Waals surface area contributed by atoms with Gasteiger partial charge in [0.1, 0.15) is 0 Å². The van der Waals surface area contributed by atoms with Gasteiger partial charge in [-0.1, -0.05) is 36.4 Å². The molecular formula is C26H31N7O2. The van der Waals surface area contributed by atoms with Crippen LogP contribution in [-0.2, 0) is 20.1 Å². The topological polar surface area (TPSA) is 104 Å². The first kappa shape index (κ1) is 23.0. The van der Waals surface area contributed by atoms with Gasteiger partial charge < -0.3 is 15.2 Å². The van der Waals surface area contributed by atoms with E-state index in [1.54, 1.807) is 7.05 Å². The minimum atomic E-state index is -0.410. The van der Waals surface area contributed by atoms with E-state index in [1.807, 2.05) is 60.9 Å². The van der Waals surface area contributed by atoms with E-state index in [-0.39, 0.29) is 18.1 Å². The highest BCUT2D eigenvalue weighted by Crippen LogP contribution is 2.24. The second-order valence-electron chi connectivity index (χ2n) is 9.28. The molecule has 1 unspecified atom stereocenters. The highest BCUT2D eigenvalue weighted by Gasteiger charge is 2.26. The fourth-order valence-electron chi connectivity index (χ4n) is 5.00. The van der Waals surface area contributed by atoms with Crippen molar-refractivity contribution in [3.8, 4) is 0 Å². The molecule has 35 heavy (non-hydrogen) atoms. The molecule has 1 atom stereocenters. The molecule has 0 spiro atoms. The molecule has 0 radical (unpaired) electrons. The van der Waals surface area contributed by atoms with E-state index < -0.39 is 5.69 Å². The maximum atomic E-state index is 13.9. The Morgan fingerprint density at radius 1 is 1.17 bits per heavy atom. The van der Waals surface area contributed by atoms with Crippen molar-refractivity contribution in [2.75, 3.05) is 18.0 Å². The maximum Gasteiger partial charge on any atom is 0.332 e. The van der Waals surface area contributed by atoms with Gasteiger partial charge in [-0.3, -0.25) is 18.9 Å². The number of hydrogen-bond donors (Lipinski definition) is 1. The molecule has 5 rings (SSSR count). The summed E-state index contributed by atoms with van der Waals surface area (Å²) < 4.78 is 4.65. The van der Waals surface area contributed by atoms with Gasteiger partial charge in [-0.2, -0.15) is 4.98 Å². The van der Waals surface area contributed by atoms with Crippen molar-refractivity contribution in [2.24, 2.45) is 12.8 Å². The molecule has 1 saturated heterocycles.